The molecule has 0 amide bonds. The Morgan fingerprint density at radius 2 is 2.19 bits per heavy atom. The fourth-order valence-electron chi connectivity index (χ4n) is 1.18. The van der Waals surface area contributed by atoms with Crippen LogP contribution < -0.4 is 5.73 Å². The number of nitro benzene ring substituents is 1. The molecule has 0 bridgehead atoms. The molecule has 16 heavy (non-hydrogen) atoms. The van der Waals surface area contributed by atoms with Crippen LogP contribution in [0.5, 0.6) is 0 Å². The number of halogens is 1. The quantitative estimate of drug-likeness (QED) is 0.638. The van der Waals surface area contributed by atoms with Crippen LogP contribution >= 0.6 is 11.3 Å². The number of nitrogen functional groups attached to an aromatic ring is 1. The highest BCUT2D eigenvalue weighted by Gasteiger charge is 2.19. The third kappa shape index (κ3) is 1.82. The van der Waals surface area contributed by atoms with Crippen LogP contribution in [-0.2, 0) is 0 Å². The van der Waals surface area contributed by atoms with Crippen LogP contribution in [0.3, 0.4) is 0 Å². The molecule has 6 nitrogen and oxygen atoms in total. The average molecular weight is 240 g/mol. The van der Waals surface area contributed by atoms with E-state index in [9.17, 15) is 14.5 Å². The van der Waals surface area contributed by atoms with Gasteiger partial charge in [0.15, 0.2) is 5.01 Å². The van der Waals surface area contributed by atoms with Gasteiger partial charge in [0.25, 0.3) is 5.69 Å². The highest BCUT2D eigenvalue weighted by Crippen LogP contribution is 2.32. The Morgan fingerprint density at radius 1 is 1.44 bits per heavy atom. The van der Waals surface area contributed by atoms with Gasteiger partial charge in [-0.15, -0.1) is 10.2 Å². The maximum absolute atomic E-state index is 13.0. The van der Waals surface area contributed by atoms with Gasteiger partial charge in [0.2, 0.25) is 5.13 Å². The molecule has 0 aliphatic heterocycles. The largest absolute Gasteiger partial charge is 0.374 e. The third-order valence-electron chi connectivity index (χ3n) is 1.83. The number of rotatable bonds is 2. The lowest BCUT2D eigenvalue weighted by Gasteiger charge is -1.98. The molecule has 2 aromatic rings. The van der Waals surface area contributed by atoms with Crippen molar-refractivity contribution in [3.8, 4) is 10.6 Å². The minimum Gasteiger partial charge on any atom is -0.374 e. The van der Waals surface area contributed by atoms with E-state index in [-0.39, 0.29) is 21.4 Å². The predicted molar refractivity (Wildman–Crippen MR) is 56.4 cm³/mol. The molecule has 0 saturated carbocycles. The molecule has 8 heteroatoms. The van der Waals surface area contributed by atoms with Crippen LogP contribution in [0.2, 0.25) is 0 Å². The van der Waals surface area contributed by atoms with Gasteiger partial charge in [-0.3, -0.25) is 10.1 Å². The molecule has 2 rings (SSSR count). The second kappa shape index (κ2) is 3.81. The first-order valence-electron chi connectivity index (χ1n) is 4.11. The van der Waals surface area contributed by atoms with Crippen molar-refractivity contribution in [3.63, 3.8) is 0 Å². The number of nitrogens with two attached hydrogens (primary N) is 1. The van der Waals surface area contributed by atoms with E-state index in [1.54, 1.807) is 0 Å². The van der Waals surface area contributed by atoms with E-state index in [0.29, 0.717) is 0 Å². The zero-order chi connectivity index (χ0) is 11.7. The highest BCUT2D eigenvalue weighted by molar-refractivity contribution is 7.18. The molecule has 0 aliphatic rings. The summed E-state index contributed by atoms with van der Waals surface area (Å²) in [4.78, 5) is 10.1. The van der Waals surface area contributed by atoms with E-state index in [4.69, 9.17) is 5.73 Å². The normalized spacial score (nSPS) is 10.3. The van der Waals surface area contributed by atoms with Gasteiger partial charge >= 0.3 is 0 Å². The van der Waals surface area contributed by atoms with Crippen LogP contribution in [0.4, 0.5) is 15.2 Å². The van der Waals surface area contributed by atoms with E-state index in [1.165, 1.54) is 0 Å². The number of hydrogen-bond donors (Lipinski definition) is 1. The van der Waals surface area contributed by atoms with Crippen LogP contribution in [0.15, 0.2) is 18.2 Å². The Kier molecular flexibility index (Phi) is 2.49. The molecule has 0 saturated heterocycles. The fraction of sp³-hybridized carbons (Fsp3) is 0. The molecular formula is C8H5FN4O2S. The molecule has 0 atom stereocenters. The molecular weight excluding hydrogens is 235 g/mol. The van der Waals surface area contributed by atoms with Gasteiger partial charge in [-0.05, 0) is 12.1 Å². The molecule has 82 valence electrons. The molecule has 0 radical (unpaired) electrons. The number of aromatic nitrogens is 2. The SMILES string of the molecule is Nc1nnc(-c2cc(F)ccc2[N+](=O)[O-])s1. The number of anilines is 1. The monoisotopic (exact) mass is 240 g/mol. The zero-order valence-electron chi connectivity index (χ0n) is 7.75. The summed E-state index contributed by atoms with van der Waals surface area (Å²) < 4.78 is 13.0. The Bertz CT molecular complexity index is 557. The molecule has 0 fully saturated rings. The number of hydrogen-bond acceptors (Lipinski definition) is 6. The fourth-order valence-corrected chi connectivity index (χ4v) is 1.82. The van der Waals surface area contributed by atoms with Crippen molar-refractivity contribution in [3.05, 3.63) is 34.1 Å². The standard InChI is InChI=1S/C8H5FN4O2S/c9-4-1-2-6(13(14)15)5(3-4)7-11-12-8(10)16-7/h1-3H,(H2,10,12). The van der Waals surface area contributed by atoms with E-state index in [0.717, 1.165) is 29.5 Å². The summed E-state index contributed by atoms with van der Waals surface area (Å²) in [6, 6.07) is 3.15. The molecule has 0 aliphatic carbocycles. The molecule has 0 unspecified atom stereocenters. The Balaban J connectivity index is 2.62. The van der Waals surface area contributed by atoms with Gasteiger partial charge in [0.1, 0.15) is 5.82 Å². The summed E-state index contributed by atoms with van der Waals surface area (Å²) in [5.41, 5.74) is 5.22. The smallest absolute Gasteiger partial charge is 0.279 e. The van der Waals surface area contributed by atoms with E-state index >= 15 is 0 Å². The van der Waals surface area contributed by atoms with Crippen molar-refractivity contribution in [2.24, 2.45) is 0 Å². The third-order valence-corrected chi connectivity index (χ3v) is 2.61. The average Bonchev–Trinajstić information content (AvgIpc) is 2.64. The maximum Gasteiger partial charge on any atom is 0.279 e. The van der Waals surface area contributed by atoms with Crippen molar-refractivity contribution >= 4 is 22.2 Å². The second-order valence-corrected chi connectivity index (χ2v) is 3.87. The first-order valence-corrected chi connectivity index (χ1v) is 4.93. The topological polar surface area (TPSA) is 94.9 Å². The van der Waals surface area contributed by atoms with Crippen molar-refractivity contribution in [2.45, 2.75) is 0 Å². The van der Waals surface area contributed by atoms with Gasteiger partial charge in [0, 0.05) is 6.07 Å². The lowest BCUT2D eigenvalue weighted by molar-refractivity contribution is -0.384. The van der Waals surface area contributed by atoms with Gasteiger partial charge < -0.3 is 5.73 Å². The van der Waals surface area contributed by atoms with Gasteiger partial charge in [-0.1, -0.05) is 11.3 Å². The lowest BCUT2D eigenvalue weighted by Crippen LogP contribution is -1.92. The van der Waals surface area contributed by atoms with Crippen LogP contribution in [-0.4, -0.2) is 15.1 Å². The molecule has 0 spiro atoms. The minimum absolute atomic E-state index is 0.0826. The van der Waals surface area contributed by atoms with Crippen molar-refractivity contribution in [1.29, 1.82) is 0 Å². The summed E-state index contributed by atoms with van der Waals surface area (Å²) in [6.07, 6.45) is 0. The van der Waals surface area contributed by atoms with Crippen molar-refractivity contribution < 1.29 is 9.31 Å². The molecule has 1 aromatic carbocycles. The lowest BCUT2D eigenvalue weighted by atomic mass is 10.2. The van der Waals surface area contributed by atoms with Gasteiger partial charge in [0.05, 0.1) is 10.5 Å². The van der Waals surface area contributed by atoms with Gasteiger partial charge in [-0.2, -0.15) is 0 Å². The first-order chi connectivity index (χ1) is 7.58. The van der Waals surface area contributed by atoms with E-state index < -0.39 is 10.7 Å². The minimum atomic E-state index is -0.605. The maximum atomic E-state index is 13.0. The zero-order valence-corrected chi connectivity index (χ0v) is 8.57. The predicted octanol–water partition coefficient (Wildman–Crippen LogP) is 1.83. The number of nitro groups is 1. The van der Waals surface area contributed by atoms with Crippen LogP contribution in [0.25, 0.3) is 10.6 Å². The number of nitrogens with zero attached hydrogens (tertiary/aromatic N) is 3. The van der Waals surface area contributed by atoms with Crippen molar-refractivity contribution in [1.82, 2.24) is 10.2 Å². The summed E-state index contributed by atoms with van der Waals surface area (Å²) >= 11 is 0.966. The van der Waals surface area contributed by atoms with Crippen LogP contribution in [0, 0.1) is 15.9 Å². The second-order valence-electron chi connectivity index (χ2n) is 2.86. The Morgan fingerprint density at radius 3 is 2.75 bits per heavy atom. The Labute approximate surface area is 92.7 Å². The van der Waals surface area contributed by atoms with Crippen LogP contribution in [0.1, 0.15) is 0 Å². The first kappa shape index (κ1) is 10.4. The Hall–Kier alpha value is -2.09. The molecule has 1 aromatic heterocycles. The summed E-state index contributed by atoms with van der Waals surface area (Å²) in [7, 11) is 0. The summed E-state index contributed by atoms with van der Waals surface area (Å²) in [6.45, 7) is 0. The highest BCUT2D eigenvalue weighted by atomic mass is 32.1. The summed E-state index contributed by atoms with van der Waals surface area (Å²) in [5.74, 6) is -0.575. The summed E-state index contributed by atoms with van der Waals surface area (Å²) in [5, 5.41) is 18.3. The molecule has 2 N–H and O–H groups in total. The van der Waals surface area contributed by atoms with E-state index in [1.807, 2.05) is 0 Å². The number of benzene rings is 1. The van der Waals surface area contributed by atoms with E-state index in [2.05, 4.69) is 10.2 Å². The van der Waals surface area contributed by atoms with Gasteiger partial charge in [-0.25, -0.2) is 4.39 Å². The molecule has 1 heterocycles. The van der Waals surface area contributed by atoms with Crippen molar-refractivity contribution in [2.75, 3.05) is 5.73 Å².